The first-order chi connectivity index (χ1) is 17.0. The van der Waals surface area contributed by atoms with Crippen LogP contribution in [0.4, 0.5) is 22.9 Å². The molecule has 0 saturated heterocycles. The maximum Gasteiger partial charge on any atom is 0.408 e. The molecule has 1 aromatic heterocycles. The maximum absolute atomic E-state index is 12.4. The summed E-state index contributed by atoms with van der Waals surface area (Å²) < 4.78 is 7.04. The van der Waals surface area contributed by atoms with Crippen LogP contribution in [0.2, 0.25) is 5.02 Å². The molecule has 0 aliphatic carbocycles. The number of non-ortho nitro benzene ring substituents is 1. The van der Waals surface area contributed by atoms with Gasteiger partial charge in [0.2, 0.25) is 11.8 Å². The molecule has 1 heterocycles. The number of nitrogens with zero attached hydrogens (tertiary/aromatic N) is 4. The molecule has 188 valence electrons. The standard InChI is InChI=1S/C22H21ClN6O7/c1-13-21(23)22(29(34)35)26-27(13)9-3-4-20(31)25-16-10-17(28(32)33)12-19(11-16)36-18-7-5-15(6-8-18)24-14(2)30/h5-8,10-12H,3-4,9H2,1-2H3,(H,24,30)(H,25,31). The van der Waals surface area contributed by atoms with Crippen molar-refractivity contribution in [3.8, 4) is 11.5 Å². The van der Waals surface area contributed by atoms with Gasteiger partial charge in [0.15, 0.2) is 5.02 Å². The lowest BCUT2D eigenvalue weighted by molar-refractivity contribution is -0.389. The van der Waals surface area contributed by atoms with Gasteiger partial charge in [-0.05, 0) is 42.5 Å². The van der Waals surface area contributed by atoms with Crippen molar-refractivity contribution in [3.63, 3.8) is 0 Å². The third-order valence-electron chi connectivity index (χ3n) is 4.86. The van der Waals surface area contributed by atoms with Gasteiger partial charge in [0.05, 0.1) is 34.0 Å². The van der Waals surface area contributed by atoms with Gasteiger partial charge in [-0.15, -0.1) is 0 Å². The highest BCUT2D eigenvalue weighted by Crippen LogP contribution is 2.31. The van der Waals surface area contributed by atoms with Gasteiger partial charge >= 0.3 is 5.82 Å². The van der Waals surface area contributed by atoms with E-state index in [2.05, 4.69) is 15.7 Å². The first-order valence-electron chi connectivity index (χ1n) is 10.6. The maximum atomic E-state index is 12.4. The van der Waals surface area contributed by atoms with Gasteiger partial charge in [0.1, 0.15) is 11.5 Å². The van der Waals surface area contributed by atoms with Crippen LogP contribution in [0, 0.1) is 27.2 Å². The smallest absolute Gasteiger partial charge is 0.408 e. The van der Waals surface area contributed by atoms with Gasteiger partial charge in [-0.1, -0.05) is 11.6 Å². The number of anilines is 2. The first-order valence-corrected chi connectivity index (χ1v) is 10.9. The Balaban J connectivity index is 1.65. The van der Waals surface area contributed by atoms with Crippen LogP contribution in [-0.2, 0) is 16.1 Å². The Morgan fingerprint density at radius 2 is 1.72 bits per heavy atom. The molecule has 0 spiro atoms. The van der Waals surface area contributed by atoms with E-state index in [4.69, 9.17) is 16.3 Å². The van der Waals surface area contributed by atoms with Crippen molar-refractivity contribution in [2.24, 2.45) is 0 Å². The molecule has 0 atom stereocenters. The molecule has 0 saturated carbocycles. The van der Waals surface area contributed by atoms with Crippen LogP contribution in [-0.4, -0.2) is 31.4 Å². The summed E-state index contributed by atoms with van der Waals surface area (Å²) in [4.78, 5) is 44.6. The molecule has 0 fully saturated rings. The molecule has 2 N–H and O–H groups in total. The van der Waals surface area contributed by atoms with Crippen molar-refractivity contribution >= 4 is 46.3 Å². The Morgan fingerprint density at radius 3 is 2.31 bits per heavy atom. The highest BCUT2D eigenvalue weighted by molar-refractivity contribution is 6.33. The number of aryl methyl sites for hydroxylation is 1. The van der Waals surface area contributed by atoms with Crippen molar-refractivity contribution in [1.82, 2.24) is 9.78 Å². The number of aromatic nitrogens is 2. The van der Waals surface area contributed by atoms with E-state index in [0.717, 1.165) is 0 Å². The van der Waals surface area contributed by atoms with Gasteiger partial charge in [0, 0.05) is 31.2 Å². The summed E-state index contributed by atoms with van der Waals surface area (Å²) in [6, 6.07) is 10.2. The zero-order valence-electron chi connectivity index (χ0n) is 19.2. The zero-order valence-corrected chi connectivity index (χ0v) is 19.9. The van der Waals surface area contributed by atoms with E-state index in [1.807, 2.05) is 0 Å². The molecule has 0 unspecified atom stereocenters. The van der Waals surface area contributed by atoms with Crippen molar-refractivity contribution < 1.29 is 24.2 Å². The fraction of sp³-hybridized carbons (Fsp3) is 0.227. The SMILES string of the molecule is CC(=O)Nc1ccc(Oc2cc(NC(=O)CCCn3nc([N+](=O)[O-])c(Cl)c3C)cc([N+](=O)[O-])c2)cc1. The minimum absolute atomic E-state index is 0.0220. The fourth-order valence-electron chi connectivity index (χ4n) is 3.22. The number of benzene rings is 2. The van der Waals surface area contributed by atoms with E-state index >= 15 is 0 Å². The minimum Gasteiger partial charge on any atom is -0.457 e. The van der Waals surface area contributed by atoms with Gasteiger partial charge < -0.3 is 25.5 Å². The minimum atomic E-state index is -0.683. The monoisotopic (exact) mass is 516 g/mol. The van der Waals surface area contributed by atoms with Crippen LogP contribution in [0.15, 0.2) is 42.5 Å². The Hall–Kier alpha value is -4.52. The second-order valence-electron chi connectivity index (χ2n) is 7.64. The summed E-state index contributed by atoms with van der Waals surface area (Å²) >= 11 is 5.91. The predicted octanol–water partition coefficient (Wildman–Crippen LogP) is 4.83. The van der Waals surface area contributed by atoms with E-state index in [9.17, 15) is 29.8 Å². The lowest BCUT2D eigenvalue weighted by atomic mass is 10.2. The molecule has 3 aromatic rings. The van der Waals surface area contributed by atoms with E-state index in [1.54, 1.807) is 31.2 Å². The molecule has 14 heteroatoms. The van der Waals surface area contributed by atoms with Crippen LogP contribution in [0.5, 0.6) is 11.5 Å². The van der Waals surface area contributed by atoms with Gasteiger partial charge in [-0.25, -0.2) is 0 Å². The van der Waals surface area contributed by atoms with Crippen LogP contribution >= 0.6 is 11.6 Å². The Bertz CT molecular complexity index is 1320. The lowest BCUT2D eigenvalue weighted by Gasteiger charge is -2.10. The normalized spacial score (nSPS) is 10.5. The number of halogens is 1. The second-order valence-corrected chi connectivity index (χ2v) is 8.01. The van der Waals surface area contributed by atoms with E-state index in [0.29, 0.717) is 23.6 Å². The van der Waals surface area contributed by atoms with Crippen LogP contribution in [0.25, 0.3) is 0 Å². The Morgan fingerprint density at radius 1 is 1.03 bits per heavy atom. The van der Waals surface area contributed by atoms with Crippen LogP contribution in [0.1, 0.15) is 25.5 Å². The Labute approximate surface area is 209 Å². The molecule has 2 aromatic carbocycles. The largest absolute Gasteiger partial charge is 0.457 e. The van der Waals surface area contributed by atoms with E-state index in [1.165, 1.54) is 29.8 Å². The van der Waals surface area contributed by atoms with Crippen molar-refractivity contribution in [3.05, 3.63) is 73.4 Å². The third kappa shape index (κ3) is 6.76. The summed E-state index contributed by atoms with van der Waals surface area (Å²) in [6.07, 6.45) is 0.314. The average Bonchev–Trinajstić information content (AvgIpc) is 3.09. The molecule has 36 heavy (non-hydrogen) atoms. The van der Waals surface area contributed by atoms with Crippen molar-refractivity contribution in [2.45, 2.75) is 33.2 Å². The van der Waals surface area contributed by atoms with Crippen molar-refractivity contribution in [2.75, 3.05) is 10.6 Å². The van der Waals surface area contributed by atoms with E-state index < -0.39 is 21.6 Å². The quantitative estimate of drug-likeness (QED) is 0.284. The predicted molar refractivity (Wildman–Crippen MR) is 130 cm³/mol. The summed E-state index contributed by atoms with van der Waals surface area (Å²) in [5.41, 5.74) is 0.846. The molecule has 13 nitrogen and oxygen atoms in total. The average molecular weight is 517 g/mol. The molecular weight excluding hydrogens is 496 g/mol. The summed E-state index contributed by atoms with van der Waals surface area (Å²) in [7, 11) is 0. The fourth-order valence-corrected chi connectivity index (χ4v) is 3.43. The van der Waals surface area contributed by atoms with Gasteiger partial charge in [-0.3, -0.25) is 19.7 Å². The van der Waals surface area contributed by atoms with Crippen molar-refractivity contribution in [1.29, 1.82) is 0 Å². The first kappa shape index (κ1) is 26.1. The number of nitrogens with one attached hydrogen (secondary N) is 2. The topological polar surface area (TPSA) is 172 Å². The molecule has 2 amide bonds. The number of rotatable bonds is 10. The summed E-state index contributed by atoms with van der Waals surface area (Å²) in [6.45, 7) is 3.18. The number of hydrogen-bond acceptors (Lipinski definition) is 8. The highest BCUT2D eigenvalue weighted by Gasteiger charge is 2.23. The molecule has 0 aliphatic heterocycles. The van der Waals surface area contributed by atoms with Crippen LogP contribution < -0.4 is 15.4 Å². The molecular formula is C22H21ClN6O7. The molecule has 0 radical (unpaired) electrons. The zero-order chi connectivity index (χ0) is 26.4. The molecule has 3 rings (SSSR count). The lowest BCUT2D eigenvalue weighted by Crippen LogP contribution is -2.13. The number of amides is 2. The van der Waals surface area contributed by atoms with Crippen LogP contribution in [0.3, 0.4) is 0 Å². The second kappa shape index (κ2) is 11.3. The number of carbonyl (C=O) groups is 2. The van der Waals surface area contributed by atoms with Gasteiger partial charge in [-0.2, -0.15) is 4.68 Å². The summed E-state index contributed by atoms with van der Waals surface area (Å²) in [5, 5.41) is 31.3. The molecule has 0 aliphatic rings. The number of ether oxygens (including phenoxy) is 1. The third-order valence-corrected chi connectivity index (χ3v) is 5.30. The Kier molecular flexibility index (Phi) is 8.17. The number of hydrogen-bond donors (Lipinski definition) is 2. The molecule has 0 bridgehead atoms. The van der Waals surface area contributed by atoms with E-state index in [-0.39, 0.29) is 41.0 Å². The van der Waals surface area contributed by atoms with Gasteiger partial charge in [0.25, 0.3) is 5.69 Å². The highest BCUT2D eigenvalue weighted by atomic mass is 35.5. The summed E-state index contributed by atoms with van der Waals surface area (Å²) in [5.74, 6) is -0.614. The number of carbonyl (C=O) groups excluding carboxylic acids is 2. The number of nitro groups is 2. The number of nitro benzene ring substituents is 1.